The predicted molar refractivity (Wildman–Crippen MR) is 59.8 cm³/mol. The van der Waals surface area contributed by atoms with Crippen LogP contribution in [0.4, 0.5) is 8.78 Å². The number of aliphatic carboxylic acids is 1. The summed E-state index contributed by atoms with van der Waals surface area (Å²) in [6, 6.07) is 4.71. The fourth-order valence-electron chi connectivity index (χ4n) is 1.64. The molecule has 0 amide bonds. The molecule has 0 atom stereocenters. The van der Waals surface area contributed by atoms with E-state index in [-0.39, 0.29) is 12.1 Å². The first kappa shape index (κ1) is 12.3. The lowest BCUT2D eigenvalue weighted by atomic mass is 10.1. The van der Waals surface area contributed by atoms with Crippen molar-refractivity contribution in [3.8, 4) is 0 Å². The molecule has 0 spiro atoms. The van der Waals surface area contributed by atoms with Crippen LogP contribution < -0.4 is 5.69 Å². The molecule has 0 saturated carbocycles. The zero-order chi connectivity index (χ0) is 13.3. The van der Waals surface area contributed by atoms with Crippen LogP contribution in [0, 0.1) is 0 Å². The fourth-order valence-corrected chi connectivity index (χ4v) is 1.64. The molecule has 7 heteroatoms. The van der Waals surface area contributed by atoms with E-state index in [0.717, 1.165) is 0 Å². The largest absolute Gasteiger partial charge is 0.477 e. The zero-order valence-electron chi connectivity index (χ0n) is 9.17. The maximum Gasteiger partial charge on any atom is 0.374 e. The van der Waals surface area contributed by atoms with E-state index in [1.165, 1.54) is 0 Å². The van der Waals surface area contributed by atoms with E-state index in [2.05, 4.69) is 9.97 Å². The Bertz CT molecular complexity index is 645. The van der Waals surface area contributed by atoms with Crippen molar-refractivity contribution in [2.24, 2.45) is 0 Å². The van der Waals surface area contributed by atoms with Gasteiger partial charge in [0.05, 0.1) is 11.0 Å². The van der Waals surface area contributed by atoms with E-state index in [0.29, 0.717) is 16.6 Å². The van der Waals surface area contributed by atoms with Crippen molar-refractivity contribution in [3.63, 3.8) is 0 Å². The number of carboxylic acids is 1. The topological polar surface area (TPSA) is 85.9 Å². The summed E-state index contributed by atoms with van der Waals surface area (Å²) < 4.78 is 25.8. The number of aromatic nitrogens is 2. The number of rotatable bonds is 4. The minimum Gasteiger partial charge on any atom is -0.477 e. The molecular weight excluding hydrogens is 246 g/mol. The van der Waals surface area contributed by atoms with Crippen molar-refractivity contribution in [1.82, 2.24) is 9.97 Å². The lowest BCUT2D eigenvalue weighted by Gasteiger charge is -2.10. The van der Waals surface area contributed by atoms with E-state index in [1.54, 1.807) is 18.2 Å². The molecule has 0 fully saturated rings. The summed E-state index contributed by atoms with van der Waals surface area (Å²) >= 11 is 0. The second-order valence-electron chi connectivity index (χ2n) is 3.97. The molecule has 0 bridgehead atoms. The molecule has 0 radical (unpaired) electrons. The van der Waals surface area contributed by atoms with E-state index < -0.39 is 18.3 Å². The van der Waals surface area contributed by atoms with E-state index >= 15 is 0 Å². The highest BCUT2D eigenvalue weighted by Crippen LogP contribution is 2.22. The summed E-state index contributed by atoms with van der Waals surface area (Å²) in [6.45, 7) is 0. The molecule has 1 aromatic carbocycles. The lowest BCUT2D eigenvalue weighted by molar-refractivity contribution is -0.165. The van der Waals surface area contributed by atoms with Gasteiger partial charge in [-0.15, -0.1) is 0 Å². The van der Waals surface area contributed by atoms with Gasteiger partial charge in [0.15, 0.2) is 0 Å². The fraction of sp³-hybridized carbons (Fsp3) is 0.273. The SMILES string of the molecule is O=C(O)C(F)(F)CCc1ccc2[nH]c(=O)[nH]c2c1. The van der Waals surface area contributed by atoms with Crippen LogP contribution in [0.3, 0.4) is 0 Å². The lowest BCUT2D eigenvalue weighted by Crippen LogP contribution is -2.28. The van der Waals surface area contributed by atoms with Gasteiger partial charge < -0.3 is 15.1 Å². The number of halogens is 2. The molecule has 5 nitrogen and oxygen atoms in total. The summed E-state index contributed by atoms with van der Waals surface area (Å²) in [4.78, 5) is 26.3. The second kappa shape index (κ2) is 4.25. The monoisotopic (exact) mass is 256 g/mol. The third-order valence-electron chi connectivity index (χ3n) is 2.62. The number of benzene rings is 1. The molecule has 96 valence electrons. The first-order valence-corrected chi connectivity index (χ1v) is 5.20. The number of carbonyl (C=O) groups is 1. The van der Waals surface area contributed by atoms with Crippen LogP contribution >= 0.6 is 0 Å². The smallest absolute Gasteiger partial charge is 0.374 e. The molecule has 3 N–H and O–H groups in total. The molecule has 2 rings (SSSR count). The number of hydrogen-bond donors (Lipinski definition) is 3. The van der Waals surface area contributed by atoms with Crippen molar-refractivity contribution in [2.75, 3.05) is 0 Å². The first-order valence-electron chi connectivity index (χ1n) is 5.20. The summed E-state index contributed by atoms with van der Waals surface area (Å²) in [5, 5.41) is 8.29. The zero-order valence-corrected chi connectivity index (χ0v) is 9.17. The van der Waals surface area contributed by atoms with E-state index in [1.807, 2.05) is 0 Å². The quantitative estimate of drug-likeness (QED) is 0.775. The normalized spacial score (nSPS) is 11.9. The van der Waals surface area contributed by atoms with Gasteiger partial charge in [0.2, 0.25) is 0 Å². The van der Waals surface area contributed by atoms with Crippen LogP contribution in [0.5, 0.6) is 0 Å². The van der Waals surface area contributed by atoms with Crippen molar-refractivity contribution in [1.29, 1.82) is 0 Å². The molecule has 0 unspecified atom stereocenters. The number of imidazole rings is 1. The van der Waals surface area contributed by atoms with Crippen LogP contribution in [0.1, 0.15) is 12.0 Å². The van der Waals surface area contributed by atoms with E-state index in [4.69, 9.17) is 5.11 Å². The molecular formula is C11H10F2N2O3. The average Bonchev–Trinajstić information content (AvgIpc) is 2.65. The minimum absolute atomic E-state index is 0.0809. The van der Waals surface area contributed by atoms with Gasteiger partial charge in [0.25, 0.3) is 0 Å². The van der Waals surface area contributed by atoms with E-state index in [9.17, 15) is 18.4 Å². The van der Waals surface area contributed by atoms with Crippen LogP contribution in [0.15, 0.2) is 23.0 Å². The Hall–Kier alpha value is -2.18. The van der Waals surface area contributed by atoms with Gasteiger partial charge in [-0.2, -0.15) is 8.78 Å². The molecule has 0 aliphatic carbocycles. The minimum atomic E-state index is -3.74. The Morgan fingerprint density at radius 3 is 2.61 bits per heavy atom. The average molecular weight is 256 g/mol. The molecule has 0 aliphatic heterocycles. The number of hydrogen-bond acceptors (Lipinski definition) is 2. The number of aromatic amines is 2. The highest BCUT2D eigenvalue weighted by atomic mass is 19.3. The number of carboxylic acid groups (broad SMARTS) is 1. The van der Waals surface area contributed by atoms with Gasteiger partial charge in [-0.25, -0.2) is 9.59 Å². The van der Waals surface area contributed by atoms with Crippen LogP contribution in [0.25, 0.3) is 11.0 Å². The summed E-state index contributed by atoms with van der Waals surface area (Å²) in [7, 11) is 0. The number of H-pyrrole nitrogens is 2. The maximum absolute atomic E-state index is 12.9. The standard InChI is InChI=1S/C11H10F2N2O3/c12-11(13,9(16)17)4-3-6-1-2-7-8(5-6)15-10(18)14-7/h1-2,5H,3-4H2,(H,16,17)(H2,14,15,18). The predicted octanol–water partition coefficient (Wildman–Crippen LogP) is 1.51. The van der Waals surface area contributed by atoms with Gasteiger partial charge in [-0.1, -0.05) is 6.07 Å². The van der Waals surface area contributed by atoms with Gasteiger partial charge in [0.1, 0.15) is 0 Å². The van der Waals surface area contributed by atoms with Gasteiger partial charge in [0, 0.05) is 6.42 Å². The summed E-state index contributed by atoms with van der Waals surface area (Å²) in [5.74, 6) is -5.86. The Labute approximate surface area is 99.4 Å². The van der Waals surface area contributed by atoms with Crippen molar-refractivity contribution in [2.45, 2.75) is 18.8 Å². The Morgan fingerprint density at radius 2 is 1.94 bits per heavy atom. The third-order valence-corrected chi connectivity index (χ3v) is 2.62. The van der Waals surface area contributed by atoms with Crippen LogP contribution in [0.2, 0.25) is 0 Å². The first-order chi connectivity index (χ1) is 8.38. The van der Waals surface area contributed by atoms with Gasteiger partial charge in [-0.3, -0.25) is 0 Å². The molecule has 1 heterocycles. The third kappa shape index (κ3) is 2.39. The van der Waals surface area contributed by atoms with Gasteiger partial charge >= 0.3 is 17.6 Å². The van der Waals surface area contributed by atoms with Crippen molar-refractivity contribution in [3.05, 3.63) is 34.2 Å². The number of nitrogens with one attached hydrogen (secondary N) is 2. The van der Waals surface area contributed by atoms with Crippen LogP contribution in [-0.2, 0) is 11.2 Å². The Kier molecular flexibility index (Phi) is 2.90. The number of alkyl halides is 2. The summed E-state index contributed by atoms with van der Waals surface area (Å²) in [5.41, 5.74) is 1.25. The highest BCUT2D eigenvalue weighted by molar-refractivity contribution is 5.76. The second-order valence-corrected chi connectivity index (χ2v) is 3.97. The molecule has 18 heavy (non-hydrogen) atoms. The Balaban J connectivity index is 2.17. The van der Waals surface area contributed by atoms with Crippen molar-refractivity contribution >= 4 is 17.0 Å². The Morgan fingerprint density at radius 1 is 1.28 bits per heavy atom. The molecule has 0 saturated heterocycles. The van der Waals surface area contributed by atoms with Crippen molar-refractivity contribution < 1.29 is 18.7 Å². The molecule has 1 aromatic heterocycles. The molecule has 0 aliphatic rings. The summed E-state index contributed by atoms with van der Waals surface area (Å²) in [6.07, 6.45) is -0.856. The number of fused-ring (bicyclic) bond motifs is 1. The van der Waals surface area contributed by atoms with Gasteiger partial charge in [-0.05, 0) is 24.1 Å². The highest BCUT2D eigenvalue weighted by Gasteiger charge is 2.37. The number of aryl methyl sites for hydroxylation is 1. The maximum atomic E-state index is 12.9. The van der Waals surface area contributed by atoms with Crippen LogP contribution in [-0.4, -0.2) is 27.0 Å². The molecule has 2 aromatic rings.